The fraction of sp³-hybridized carbons (Fsp3) is 0.333. The molecule has 7 nitrogen and oxygen atoms in total. The standard InChI is InChI=1S/C12H10F3N7/c13-12(14,15)9-2-10(22-11(20-9)17-5-18-22)19-7-1-8-3-16-6-21(8)4-7/h2-3,5-7,19H,1,4H2/t7-/m0/s1. The number of hydrogen-bond donors (Lipinski definition) is 1. The molecule has 0 saturated heterocycles. The van der Waals surface area contributed by atoms with Crippen LogP contribution in [-0.4, -0.2) is 35.2 Å². The van der Waals surface area contributed by atoms with Gasteiger partial charge in [0.1, 0.15) is 12.1 Å². The third kappa shape index (κ3) is 2.07. The van der Waals surface area contributed by atoms with Gasteiger partial charge in [0, 0.05) is 30.9 Å². The fourth-order valence-corrected chi connectivity index (χ4v) is 2.60. The Morgan fingerprint density at radius 2 is 2.18 bits per heavy atom. The average molecular weight is 309 g/mol. The van der Waals surface area contributed by atoms with Crippen LogP contribution in [0, 0.1) is 0 Å². The first kappa shape index (κ1) is 13.0. The van der Waals surface area contributed by atoms with Crippen molar-refractivity contribution >= 4 is 11.6 Å². The van der Waals surface area contributed by atoms with Crippen molar-refractivity contribution in [3.8, 4) is 0 Å². The van der Waals surface area contributed by atoms with Crippen molar-refractivity contribution in [2.75, 3.05) is 5.32 Å². The molecule has 0 unspecified atom stereocenters. The molecule has 0 radical (unpaired) electrons. The molecule has 0 aliphatic carbocycles. The third-order valence-electron chi connectivity index (χ3n) is 3.57. The molecule has 0 bridgehead atoms. The Hall–Kier alpha value is -2.65. The van der Waals surface area contributed by atoms with Gasteiger partial charge in [0.15, 0.2) is 5.69 Å². The highest BCUT2D eigenvalue weighted by Gasteiger charge is 2.34. The van der Waals surface area contributed by atoms with Crippen LogP contribution < -0.4 is 5.32 Å². The van der Waals surface area contributed by atoms with Gasteiger partial charge >= 0.3 is 6.18 Å². The molecule has 22 heavy (non-hydrogen) atoms. The normalized spacial score (nSPS) is 17.9. The van der Waals surface area contributed by atoms with Crippen LogP contribution >= 0.6 is 0 Å². The molecular formula is C12H10F3N7. The smallest absolute Gasteiger partial charge is 0.365 e. The van der Waals surface area contributed by atoms with Gasteiger partial charge in [-0.25, -0.2) is 9.97 Å². The molecule has 114 valence electrons. The van der Waals surface area contributed by atoms with Gasteiger partial charge in [-0.05, 0) is 0 Å². The van der Waals surface area contributed by atoms with E-state index >= 15 is 0 Å². The summed E-state index contributed by atoms with van der Waals surface area (Å²) in [5, 5.41) is 7.00. The SMILES string of the molecule is FC(F)(F)c1cc(N[C@H]2Cc3cncn3C2)n2ncnc2n1. The number of hydrogen-bond acceptors (Lipinski definition) is 5. The molecule has 0 amide bonds. The predicted molar refractivity (Wildman–Crippen MR) is 69.1 cm³/mol. The van der Waals surface area contributed by atoms with Gasteiger partial charge in [-0.1, -0.05) is 0 Å². The zero-order valence-corrected chi connectivity index (χ0v) is 11.1. The summed E-state index contributed by atoms with van der Waals surface area (Å²) in [5.74, 6) is 0.134. The van der Waals surface area contributed by atoms with E-state index in [2.05, 4.69) is 25.4 Å². The Morgan fingerprint density at radius 3 is 2.95 bits per heavy atom. The van der Waals surface area contributed by atoms with Gasteiger partial charge in [-0.2, -0.15) is 27.8 Å². The lowest BCUT2D eigenvalue weighted by atomic mass is 10.2. The first-order valence-electron chi connectivity index (χ1n) is 6.54. The lowest BCUT2D eigenvalue weighted by Crippen LogP contribution is -2.23. The van der Waals surface area contributed by atoms with E-state index in [1.165, 1.54) is 10.8 Å². The van der Waals surface area contributed by atoms with Gasteiger partial charge in [-0.3, -0.25) is 0 Å². The third-order valence-corrected chi connectivity index (χ3v) is 3.57. The van der Waals surface area contributed by atoms with E-state index in [4.69, 9.17) is 0 Å². The van der Waals surface area contributed by atoms with Gasteiger partial charge in [0.25, 0.3) is 5.78 Å². The second-order valence-electron chi connectivity index (χ2n) is 5.08. The number of alkyl halides is 3. The van der Waals surface area contributed by atoms with Crippen molar-refractivity contribution in [3.63, 3.8) is 0 Å². The Morgan fingerprint density at radius 1 is 1.32 bits per heavy atom. The lowest BCUT2D eigenvalue weighted by Gasteiger charge is -2.15. The lowest BCUT2D eigenvalue weighted by molar-refractivity contribution is -0.141. The molecule has 0 spiro atoms. The maximum absolute atomic E-state index is 12.9. The number of imidazole rings is 1. The van der Waals surface area contributed by atoms with Crippen molar-refractivity contribution in [2.24, 2.45) is 0 Å². The van der Waals surface area contributed by atoms with Crippen molar-refractivity contribution in [1.29, 1.82) is 0 Å². The summed E-state index contributed by atoms with van der Waals surface area (Å²) in [6.45, 7) is 0.634. The summed E-state index contributed by atoms with van der Waals surface area (Å²) in [6.07, 6.45) is 0.779. The monoisotopic (exact) mass is 309 g/mol. The van der Waals surface area contributed by atoms with Crippen molar-refractivity contribution in [2.45, 2.75) is 25.2 Å². The molecule has 1 N–H and O–H groups in total. The quantitative estimate of drug-likeness (QED) is 0.774. The van der Waals surface area contributed by atoms with Gasteiger partial charge in [0.2, 0.25) is 0 Å². The average Bonchev–Trinajstić information content (AvgIpc) is 3.10. The van der Waals surface area contributed by atoms with E-state index in [1.807, 2.05) is 4.57 Å². The zero-order valence-electron chi connectivity index (χ0n) is 11.1. The molecule has 1 atom stereocenters. The van der Waals surface area contributed by atoms with E-state index in [9.17, 15) is 13.2 Å². The van der Waals surface area contributed by atoms with E-state index in [0.717, 1.165) is 11.8 Å². The molecule has 0 fully saturated rings. The predicted octanol–water partition coefficient (Wildman–Crippen LogP) is 1.38. The Labute approximate surface area is 121 Å². The van der Waals surface area contributed by atoms with Gasteiger partial charge in [0.05, 0.1) is 12.4 Å². The van der Waals surface area contributed by atoms with Gasteiger partial charge < -0.3 is 9.88 Å². The number of aromatic nitrogens is 6. The topological polar surface area (TPSA) is 72.9 Å². The minimum atomic E-state index is -4.53. The molecule has 3 aromatic rings. The second-order valence-corrected chi connectivity index (χ2v) is 5.08. The fourth-order valence-electron chi connectivity index (χ4n) is 2.60. The van der Waals surface area contributed by atoms with Crippen LogP contribution in [0.5, 0.6) is 0 Å². The maximum atomic E-state index is 12.9. The Balaban J connectivity index is 1.69. The van der Waals surface area contributed by atoms with E-state index < -0.39 is 11.9 Å². The summed E-state index contributed by atoms with van der Waals surface area (Å²) >= 11 is 0. The zero-order chi connectivity index (χ0) is 15.3. The molecule has 4 rings (SSSR count). The van der Waals surface area contributed by atoms with Crippen LogP contribution in [0.3, 0.4) is 0 Å². The number of anilines is 1. The molecule has 0 aromatic carbocycles. The molecule has 3 aromatic heterocycles. The van der Waals surface area contributed by atoms with Crippen LogP contribution in [0.2, 0.25) is 0 Å². The molecule has 0 saturated carbocycles. The van der Waals surface area contributed by atoms with Crippen molar-refractivity contribution in [1.82, 2.24) is 29.1 Å². The highest BCUT2D eigenvalue weighted by molar-refractivity contribution is 5.46. The number of halogens is 3. The number of nitrogens with zero attached hydrogens (tertiary/aromatic N) is 6. The summed E-state index contributed by atoms with van der Waals surface area (Å²) in [7, 11) is 0. The first-order valence-corrected chi connectivity index (χ1v) is 6.54. The van der Waals surface area contributed by atoms with E-state index in [0.29, 0.717) is 13.0 Å². The summed E-state index contributed by atoms with van der Waals surface area (Å²) in [6, 6.07) is 0.919. The summed E-state index contributed by atoms with van der Waals surface area (Å²) in [4.78, 5) is 11.2. The maximum Gasteiger partial charge on any atom is 0.433 e. The van der Waals surface area contributed by atoms with Crippen LogP contribution in [0.1, 0.15) is 11.4 Å². The molecule has 10 heteroatoms. The molecular weight excluding hydrogens is 299 g/mol. The minimum Gasteiger partial charge on any atom is -0.365 e. The minimum absolute atomic E-state index is 0.0334. The van der Waals surface area contributed by atoms with Crippen LogP contribution in [-0.2, 0) is 19.1 Å². The molecule has 4 heterocycles. The summed E-state index contributed by atoms with van der Waals surface area (Å²) < 4.78 is 42.0. The number of nitrogens with one attached hydrogen (secondary N) is 1. The van der Waals surface area contributed by atoms with Crippen molar-refractivity contribution < 1.29 is 13.2 Å². The largest absolute Gasteiger partial charge is 0.433 e. The number of rotatable bonds is 2. The Kier molecular flexibility index (Phi) is 2.62. The van der Waals surface area contributed by atoms with Crippen LogP contribution in [0.15, 0.2) is 24.9 Å². The van der Waals surface area contributed by atoms with E-state index in [-0.39, 0.29) is 17.6 Å². The van der Waals surface area contributed by atoms with Crippen LogP contribution in [0.4, 0.5) is 19.0 Å². The van der Waals surface area contributed by atoms with E-state index in [1.54, 1.807) is 12.5 Å². The van der Waals surface area contributed by atoms with Crippen molar-refractivity contribution in [3.05, 3.63) is 36.3 Å². The Bertz CT molecular complexity index is 814. The first-order chi connectivity index (χ1) is 10.5. The van der Waals surface area contributed by atoms with Crippen LogP contribution in [0.25, 0.3) is 5.78 Å². The second kappa shape index (κ2) is 4.42. The molecule has 1 aliphatic rings. The number of fused-ring (bicyclic) bond motifs is 2. The van der Waals surface area contributed by atoms with Gasteiger partial charge in [-0.15, -0.1) is 0 Å². The molecule has 1 aliphatic heterocycles. The summed E-state index contributed by atoms with van der Waals surface area (Å²) in [5.41, 5.74) is 0.0483. The highest BCUT2D eigenvalue weighted by Crippen LogP contribution is 2.30. The highest BCUT2D eigenvalue weighted by atomic mass is 19.4.